The molecular weight excluding hydrogens is 438 g/mol. The molecule has 2 amide bonds. The predicted octanol–water partition coefficient (Wildman–Crippen LogP) is 4.11. The van der Waals surface area contributed by atoms with Crippen LogP contribution in [0.5, 0.6) is 0 Å². The summed E-state index contributed by atoms with van der Waals surface area (Å²) in [6, 6.07) is 19.6. The van der Waals surface area contributed by atoms with Gasteiger partial charge in [0.05, 0.1) is 12.1 Å². The minimum absolute atomic E-state index is 0.0456. The van der Waals surface area contributed by atoms with E-state index in [0.29, 0.717) is 16.9 Å². The Labute approximate surface area is 206 Å². The van der Waals surface area contributed by atoms with Gasteiger partial charge in [-0.15, -0.1) is 0 Å². The molecule has 0 saturated carbocycles. The number of hydrogen-bond donors (Lipinski definition) is 2. The molecule has 1 saturated heterocycles. The van der Waals surface area contributed by atoms with Crippen LogP contribution in [0.25, 0.3) is 5.69 Å². The van der Waals surface area contributed by atoms with E-state index in [9.17, 15) is 14.9 Å². The summed E-state index contributed by atoms with van der Waals surface area (Å²) < 4.78 is 1.93. The molecule has 7 heteroatoms. The molecule has 0 bridgehead atoms. The van der Waals surface area contributed by atoms with Gasteiger partial charge in [-0.25, -0.2) is 0 Å². The van der Waals surface area contributed by atoms with Crippen LogP contribution in [-0.4, -0.2) is 47.0 Å². The van der Waals surface area contributed by atoms with Gasteiger partial charge < -0.3 is 10.6 Å². The van der Waals surface area contributed by atoms with Gasteiger partial charge in [-0.2, -0.15) is 5.26 Å². The largest absolute Gasteiger partial charge is 0.349 e. The van der Waals surface area contributed by atoms with Crippen molar-refractivity contribution in [1.82, 2.24) is 14.8 Å². The lowest BCUT2D eigenvalue weighted by Crippen LogP contribution is -2.46. The zero-order valence-electron chi connectivity index (χ0n) is 20.5. The average molecular weight is 470 g/mol. The van der Waals surface area contributed by atoms with Crippen molar-refractivity contribution in [2.75, 3.05) is 25.0 Å². The Morgan fingerprint density at radius 2 is 1.66 bits per heavy atom. The Morgan fingerprint density at radius 1 is 1.00 bits per heavy atom. The molecule has 3 aromatic rings. The molecule has 2 aromatic carbocycles. The van der Waals surface area contributed by atoms with Gasteiger partial charge >= 0.3 is 0 Å². The van der Waals surface area contributed by atoms with Crippen LogP contribution in [0.4, 0.5) is 5.82 Å². The number of nitrogens with one attached hydrogen (secondary N) is 2. The normalized spacial score (nSPS) is 14.3. The summed E-state index contributed by atoms with van der Waals surface area (Å²) in [7, 11) is 0. The van der Waals surface area contributed by atoms with Crippen molar-refractivity contribution in [3.63, 3.8) is 0 Å². The van der Waals surface area contributed by atoms with E-state index in [1.165, 1.54) is 0 Å². The van der Waals surface area contributed by atoms with Crippen LogP contribution in [-0.2, 0) is 4.79 Å². The number of aromatic nitrogens is 1. The maximum atomic E-state index is 13.0. The lowest BCUT2D eigenvalue weighted by atomic mass is 10.0. The molecule has 180 valence electrons. The molecule has 1 aliphatic heterocycles. The number of rotatable bonds is 6. The Bertz CT molecular complexity index is 1260. The first-order valence-corrected chi connectivity index (χ1v) is 11.9. The minimum atomic E-state index is -0.154. The highest BCUT2D eigenvalue weighted by Crippen LogP contribution is 2.30. The van der Waals surface area contributed by atoms with Crippen molar-refractivity contribution >= 4 is 17.6 Å². The number of carbonyl (C=O) groups is 2. The summed E-state index contributed by atoms with van der Waals surface area (Å²) in [5.74, 6) is 0.313. The molecule has 1 aliphatic rings. The van der Waals surface area contributed by atoms with Crippen LogP contribution in [0.2, 0.25) is 0 Å². The summed E-state index contributed by atoms with van der Waals surface area (Å²) >= 11 is 0. The molecule has 0 atom stereocenters. The van der Waals surface area contributed by atoms with Gasteiger partial charge in [0.15, 0.2) is 0 Å². The SMILES string of the molecule is Cc1ccccc1C(=O)NC1CCN(CC(=O)Nc2c(C#N)c(C)c(C)n2-c2ccccc2)CC1. The third-order valence-electron chi connectivity index (χ3n) is 6.78. The van der Waals surface area contributed by atoms with Gasteiger partial charge in [0.2, 0.25) is 5.91 Å². The maximum Gasteiger partial charge on any atom is 0.251 e. The number of para-hydroxylation sites is 1. The molecule has 2 heterocycles. The second-order valence-corrected chi connectivity index (χ2v) is 9.10. The van der Waals surface area contributed by atoms with E-state index < -0.39 is 0 Å². The fraction of sp³-hybridized carbons (Fsp3) is 0.321. The van der Waals surface area contributed by atoms with Gasteiger partial charge in [-0.05, 0) is 62.9 Å². The maximum absolute atomic E-state index is 13.0. The van der Waals surface area contributed by atoms with Crippen molar-refractivity contribution in [3.8, 4) is 11.8 Å². The molecule has 0 aliphatic carbocycles. The molecule has 1 aromatic heterocycles. The van der Waals surface area contributed by atoms with Crippen LogP contribution in [0.15, 0.2) is 54.6 Å². The smallest absolute Gasteiger partial charge is 0.251 e. The number of benzene rings is 2. The summed E-state index contributed by atoms with van der Waals surface area (Å²) in [4.78, 5) is 27.7. The van der Waals surface area contributed by atoms with E-state index >= 15 is 0 Å². The second-order valence-electron chi connectivity index (χ2n) is 9.10. The number of aryl methyl sites for hydroxylation is 1. The topological polar surface area (TPSA) is 90.2 Å². The number of amides is 2. The van der Waals surface area contributed by atoms with Crippen molar-refractivity contribution in [3.05, 3.63) is 82.5 Å². The molecule has 35 heavy (non-hydrogen) atoms. The predicted molar refractivity (Wildman–Crippen MR) is 137 cm³/mol. The molecule has 2 N–H and O–H groups in total. The van der Waals surface area contributed by atoms with Crippen LogP contribution in [0.1, 0.15) is 45.6 Å². The van der Waals surface area contributed by atoms with Gasteiger partial charge in [-0.1, -0.05) is 36.4 Å². The summed E-state index contributed by atoms with van der Waals surface area (Å²) in [5, 5.41) is 15.9. The second kappa shape index (κ2) is 10.6. The van der Waals surface area contributed by atoms with Crippen molar-refractivity contribution < 1.29 is 9.59 Å². The number of anilines is 1. The zero-order valence-corrected chi connectivity index (χ0v) is 20.5. The van der Waals surface area contributed by atoms with Gasteiger partial charge in [0.1, 0.15) is 11.9 Å². The van der Waals surface area contributed by atoms with Crippen molar-refractivity contribution in [1.29, 1.82) is 5.26 Å². The van der Waals surface area contributed by atoms with Crippen LogP contribution in [0.3, 0.4) is 0 Å². The fourth-order valence-corrected chi connectivity index (χ4v) is 4.66. The van der Waals surface area contributed by atoms with E-state index in [4.69, 9.17) is 0 Å². The monoisotopic (exact) mass is 469 g/mol. The first-order valence-electron chi connectivity index (χ1n) is 11.9. The molecule has 0 spiro atoms. The van der Waals surface area contributed by atoms with Crippen LogP contribution < -0.4 is 10.6 Å². The van der Waals surface area contributed by atoms with Gasteiger partial charge in [-0.3, -0.25) is 19.1 Å². The third kappa shape index (κ3) is 5.28. The number of carbonyl (C=O) groups excluding carboxylic acids is 2. The van der Waals surface area contributed by atoms with Crippen molar-refractivity contribution in [2.24, 2.45) is 0 Å². The van der Waals surface area contributed by atoms with E-state index in [-0.39, 0.29) is 24.4 Å². The van der Waals surface area contributed by atoms with E-state index in [1.807, 2.05) is 79.9 Å². The Kier molecular flexibility index (Phi) is 7.33. The lowest BCUT2D eigenvalue weighted by molar-refractivity contribution is -0.117. The number of piperidine rings is 1. The third-order valence-corrected chi connectivity index (χ3v) is 6.78. The highest BCUT2D eigenvalue weighted by atomic mass is 16.2. The Morgan fingerprint density at radius 3 is 2.31 bits per heavy atom. The van der Waals surface area contributed by atoms with Gasteiger partial charge in [0.25, 0.3) is 5.91 Å². The minimum Gasteiger partial charge on any atom is -0.349 e. The lowest BCUT2D eigenvalue weighted by Gasteiger charge is -2.32. The number of likely N-dealkylation sites (tertiary alicyclic amines) is 1. The number of hydrogen-bond acceptors (Lipinski definition) is 4. The zero-order chi connectivity index (χ0) is 24.9. The molecule has 0 unspecified atom stereocenters. The molecule has 1 fully saturated rings. The average Bonchev–Trinajstić information content (AvgIpc) is 3.09. The van der Waals surface area contributed by atoms with Crippen LogP contribution in [0, 0.1) is 32.1 Å². The number of nitriles is 1. The molecule has 7 nitrogen and oxygen atoms in total. The summed E-state index contributed by atoms with van der Waals surface area (Å²) in [5.41, 5.74) is 4.83. The van der Waals surface area contributed by atoms with Crippen molar-refractivity contribution in [2.45, 2.75) is 39.7 Å². The highest BCUT2D eigenvalue weighted by Gasteiger charge is 2.25. The molecule has 0 radical (unpaired) electrons. The quantitative estimate of drug-likeness (QED) is 0.569. The Balaban J connectivity index is 1.37. The first kappa shape index (κ1) is 24.2. The Hall–Kier alpha value is -3.89. The van der Waals surface area contributed by atoms with Gasteiger partial charge in [0, 0.05) is 36.1 Å². The summed E-state index contributed by atoms with van der Waals surface area (Å²) in [6.45, 7) is 7.46. The van der Waals surface area contributed by atoms with E-state index in [2.05, 4.69) is 21.6 Å². The first-order chi connectivity index (χ1) is 16.9. The summed E-state index contributed by atoms with van der Waals surface area (Å²) in [6.07, 6.45) is 1.57. The fourth-order valence-electron chi connectivity index (χ4n) is 4.66. The molecular formula is C28H31N5O2. The van der Waals surface area contributed by atoms with Crippen LogP contribution >= 0.6 is 0 Å². The standard InChI is InChI=1S/C28H31N5O2/c1-19-9-7-8-12-24(19)28(35)30-22-13-15-32(16-14-22)18-26(34)31-27-25(17-29)20(2)21(3)33(27)23-10-5-4-6-11-23/h4-12,22H,13-16,18H2,1-3H3,(H,30,35)(H,31,34). The molecule has 4 rings (SSSR count). The number of nitrogens with zero attached hydrogens (tertiary/aromatic N) is 3. The van der Waals surface area contributed by atoms with E-state index in [0.717, 1.165) is 48.4 Å². The van der Waals surface area contributed by atoms with E-state index in [1.54, 1.807) is 0 Å². The highest BCUT2D eigenvalue weighted by molar-refractivity contribution is 5.96.